The zero-order chi connectivity index (χ0) is 21.3. The predicted molar refractivity (Wildman–Crippen MR) is 122 cm³/mol. The molecule has 3 rings (SSSR count). The lowest BCUT2D eigenvalue weighted by Gasteiger charge is -2.26. The number of nitrogens with zero attached hydrogens (tertiary/aromatic N) is 1. The second-order valence-electron chi connectivity index (χ2n) is 9.83. The third-order valence-corrected chi connectivity index (χ3v) is 7.46. The number of fused-ring (bicyclic) bond motifs is 1. The summed E-state index contributed by atoms with van der Waals surface area (Å²) in [6, 6.07) is 0. The summed E-state index contributed by atoms with van der Waals surface area (Å²) in [5.74, 6) is 1.49. The maximum atomic E-state index is 12.3. The molecule has 4 heteroatoms. The first-order valence-corrected chi connectivity index (χ1v) is 12.6. The maximum absolute atomic E-state index is 12.3. The lowest BCUT2D eigenvalue weighted by atomic mass is 9.88. The topological polar surface area (TPSA) is 60.8 Å². The summed E-state index contributed by atoms with van der Waals surface area (Å²) in [5.41, 5.74) is 1.52. The molecule has 0 bridgehead atoms. The van der Waals surface area contributed by atoms with E-state index in [1.54, 1.807) is 0 Å². The third-order valence-electron chi connectivity index (χ3n) is 7.46. The van der Waals surface area contributed by atoms with Crippen molar-refractivity contribution in [3.8, 4) is 0 Å². The van der Waals surface area contributed by atoms with E-state index in [9.17, 15) is 15.0 Å². The Morgan fingerprint density at radius 2 is 2.00 bits per heavy atom. The number of carbonyl (C=O) groups is 1. The van der Waals surface area contributed by atoms with Gasteiger partial charge in [0.25, 0.3) is 0 Å². The van der Waals surface area contributed by atoms with Crippen molar-refractivity contribution in [2.45, 2.75) is 103 Å². The van der Waals surface area contributed by atoms with Crippen LogP contribution in [0.5, 0.6) is 0 Å². The SMILES string of the molecule is CCCCC[C@H](O)/C=C/[C@@H]1[C@H]2CC(CCCCC(=O)N3CCCCC3)=C[C@H]2C[C@H]1O. The van der Waals surface area contributed by atoms with Crippen LogP contribution in [0.2, 0.25) is 0 Å². The lowest BCUT2D eigenvalue weighted by molar-refractivity contribution is -0.132. The van der Waals surface area contributed by atoms with Crippen LogP contribution < -0.4 is 0 Å². The van der Waals surface area contributed by atoms with E-state index in [4.69, 9.17) is 0 Å². The van der Waals surface area contributed by atoms with E-state index in [0.717, 1.165) is 58.0 Å². The molecule has 1 saturated heterocycles. The van der Waals surface area contributed by atoms with Crippen molar-refractivity contribution in [3.05, 3.63) is 23.8 Å². The number of amides is 1. The largest absolute Gasteiger partial charge is 0.392 e. The molecule has 4 nitrogen and oxygen atoms in total. The van der Waals surface area contributed by atoms with E-state index in [0.29, 0.717) is 24.2 Å². The molecule has 0 unspecified atom stereocenters. The maximum Gasteiger partial charge on any atom is 0.222 e. The monoisotopic (exact) mass is 417 g/mol. The Kier molecular flexibility index (Phi) is 9.45. The van der Waals surface area contributed by atoms with Gasteiger partial charge < -0.3 is 15.1 Å². The van der Waals surface area contributed by atoms with Crippen molar-refractivity contribution < 1.29 is 15.0 Å². The fourth-order valence-electron chi connectivity index (χ4n) is 5.68. The van der Waals surface area contributed by atoms with Gasteiger partial charge >= 0.3 is 0 Å². The predicted octanol–water partition coefficient (Wildman–Crippen LogP) is 5.00. The van der Waals surface area contributed by atoms with Crippen LogP contribution in [0.15, 0.2) is 23.8 Å². The summed E-state index contributed by atoms with van der Waals surface area (Å²) in [5, 5.41) is 20.7. The fraction of sp³-hybridized carbons (Fsp3) is 0.808. The van der Waals surface area contributed by atoms with Crippen molar-refractivity contribution in [1.82, 2.24) is 4.90 Å². The number of hydrogen-bond acceptors (Lipinski definition) is 3. The van der Waals surface area contributed by atoms with Crippen LogP contribution in [0.3, 0.4) is 0 Å². The van der Waals surface area contributed by atoms with Gasteiger partial charge in [0, 0.05) is 25.4 Å². The number of carbonyl (C=O) groups excluding carboxylic acids is 1. The highest BCUT2D eigenvalue weighted by Crippen LogP contribution is 2.48. The number of unbranched alkanes of at least 4 members (excludes halogenated alkanes) is 3. The standard InChI is InChI=1S/C26H43NO3/c1-2-3-5-11-22(28)13-14-23-24-18-20(17-21(24)19-25(23)29)10-6-7-12-26(30)27-15-8-4-9-16-27/h13-14,17,21-25,28-29H,2-12,15-16,18-19H2,1H3/b14-13+/t21-,22-,23+,24-,25+/m0/s1. The van der Waals surface area contributed by atoms with E-state index in [-0.39, 0.29) is 18.1 Å². The summed E-state index contributed by atoms with van der Waals surface area (Å²) in [6.45, 7) is 4.09. The molecule has 1 saturated carbocycles. The number of aliphatic hydroxyl groups is 2. The van der Waals surface area contributed by atoms with Gasteiger partial charge in [-0.15, -0.1) is 0 Å². The fourth-order valence-corrected chi connectivity index (χ4v) is 5.68. The summed E-state index contributed by atoms with van der Waals surface area (Å²) in [7, 11) is 0. The van der Waals surface area contributed by atoms with E-state index < -0.39 is 0 Å². The number of piperidine rings is 1. The molecule has 0 aromatic rings. The van der Waals surface area contributed by atoms with Crippen LogP contribution in [-0.4, -0.2) is 46.3 Å². The van der Waals surface area contributed by atoms with E-state index in [1.165, 1.54) is 37.7 Å². The Balaban J connectivity index is 1.37. The van der Waals surface area contributed by atoms with Gasteiger partial charge in [-0.1, -0.05) is 50.0 Å². The van der Waals surface area contributed by atoms with Gasteiger partial charge in [-0.25, -0.2) is 0 Å². The van der Waals surface area contributed by atoms with Crippen LogP contribution in [0.1, 0.15) is 90.4 Å². The van der Waals surface area contributed by atoms with E-state index >= 15 is 0 Å². The Labute approximate surface area is 183 Å². The normalized spacial score (nSPS) is 30.0. The quantitative estimate of drug-likeness (QED) is 0.367. The second-order valence-corrected chi connectivity index (χ2v) is 9.83. The molecular weight excluding hydrogens is 374 g/mol. The Hall–Kier alpha value is -1.13. The van der Waals surface area contributed by atoms with Gasteiger partial charge in [-0.3, -0.25) is 4.79 Å². The molecule has 0 aromatic carbocycles. The molecule has 1 aliphatic heterocycles. The third kappa shape index (κ3) is 6.68. The van der Waals surface area contributed by atoms with Gasteiger partial charge in [0.05, 0.1) is 12.2 Å². The molecule has 0 radical (unpaired) electrons. The van der Waals surface area contributed by atoms with Crippen molar-refractivity contribution >= 4 is 5.91 Å². The number of likely N-dealkylation sites (tertiary alicyclic amines) is 1. The summed E-state index contributed by atoms with van der Waals surface area (Å²) < 4.78 is 0. The van der Waals surface area contributed by atoms with Crippen LogP contribution in [0.25, 0.3) is 0 Å². The van der Waals surface area contributed by atoms with Crippen molar-refractivity contribution in [2.24, 2.45) is 17.8 Å². The first-order chi connectivity index (χ1) is 14.6. The Bertz CT molecular complexity index is 593. The first kappa shape index (κ1) is 23.5. The van der Waals surface area contributed by atoms with Gasteiger partial charge in [-0.05, 0) is 69.6 Å². The van der Waals surface area contributed by atoms with Crippen LogP contribution >= 0.6 is 0 Å². The highest BCUT2D eigenvalue weighted by Gasteiger charge is 2.43. The van der Waals surface area contributed by atoms with Gasteiger partial charge in [0.2, 0.25) is 5.91 Å². The van der Waals surface area contributed by atoms with Gasteiger partial charge in [-0.2, -0.15) is 0 Å². The Morgan fingerprint density at radius 3 is 2.77 bits per heavy atom. The second kappa shape index (κ2) is 12.0. The van der Waals surface area contributed by atoms with Crippen molar-refractivity contribution in [3.63, 3.8) is 0 Å². The molecule has 1 amide bonds. The molecule has 2 aliphatic carbocycles. The average molecular weight is 418 g/mol. The molecular formula is C26H43NO3. The molecule has 30 heavy (non-hydrogen) atoms. The minimum absolute atomic E-state index is 0.172. The number of allylic oxidation sites excluding steroid dienone is 2. The van der Waals surface area contributed by atoms with Crippen LogP contribution in [-0.2, 0) is 4.79 Å². The summed E-state index contributed by atoms with van der Waals surface area (Å²) in [6.07, 6.45) is 19.4. The van der Waals surface area contributed by atoms with Gasteiger partial charge in [0.1, 0.15) is 0 Å². The summed E-state index contributed by atoms with van der Waals surface area (Å²) in [4.78, 5) is 14.4. The van der Waals surface area contributed by atoms with E-state index in [2.05, 4.69) is 24.0 Å². The first-order valence-electron chi connectivity index (χ1n) is 12.6. The van der Waals surface area contributed by atoms with E-state index in [1.807, 2.05) is 6.08 Å². The van der Waals surface area contributed by atoms with Crippen molar-refractivity contribution in [1.29, 1.82) is 0 Å². The molecule has 3 aliphatic rings. The van der Waals surface area contributed by atoms with Crippen molar-refractivity contribution in [2.75, 3.05) is 13.1 Å². The molecule has 0 aromatic heterocycles. The summed E-state index contributed by atoms with van der Waals surface area (Å²) >= 11 is 0. The number of aliphatic hydroxyl groups excluding tert-OH is 2. The smallest absolute Gasteiger partial charge is 0.222 e. The highest BCUT2D eigenvalue weighted by atomic mass is 16.3. The minimum atomic E-state index is -0.380. The molecule has 0 spiro atoms. The minimum Gasteiger partial charge on any atom is -0.392 e. The molecule has 1 heterocycles. The molecule has 2 fully saturated rings. The van der Waals surface area contributed by atoms with Gasteiger partial charge in [0.15, 0.2) is 0 Å². The number of hydrogen-bond donors (Lipinski definition) is 2. The zero-order valence-corrected chi connectivity index (χ0v) is 19.0. The Morgan fingerprint density at radius 1 is 1.20 bits per heavy atom. The number of rotatable bonds is 11. The van der Waals surface area contributed by atoms with Crippen LogP contribution in [0.4, 0.5) is 0 Å². The molecule has 5 atom stereocenters. The van der Waals surface area contributed by atoms with Crippen LogP contribution in [0, 0.1) is 17.8 Å². The molecule has 2 N–H and O–H groups in total. The highest BCUT2D eigenvalue weighted by molar-refractivity contribution is 5.76. The average Bonchev–Trinajstić information content (AvgIpc) is 3.26. The lowest BCUT2D eigenvalue weighted by Crippen LogP contribution is -2.35. The zero-order valence-electron chi connectivity index (χ0n) is 19.0. The molecule has 170 valence electrons.